The van der Waals surface area contributed by atoms with Gasteiger partial charge in [0.05, 0.1) is 22.4 Å². The van der Waals surface area contributed by atoms with Crippen molar-refractivity contribution in [1.82, 2.24) is 58.9 Å². The molecule has 17 heteroatoms. The molecular formula is C72H84N14O3. The lowest BCUT2D eigenvalue weighted by Crippen LogP contribution is -2.47. The van der Waals surface area contributed by atoms with Crippen LogP contribution in [-0.4, -0.2) is 163 Å². The minimum absolute atomic E-state index is 0.0979. The van der Waals surface area contributed by atoms with Gasteiger partial charge in [0.25, 0.3) is 5.91 Å². The van der Waals surface area contributed by atoms with E-state index in [1.54, 1.807) is 30.1 Å². The minimum Gasteiger partial charge on any atom is -0.477 e. The van der Waals surface area contributed by atoms with E-state index in [4.69, 9.17) is 9.97 Å². The lowest BCUT2D eigenvalue weighted by atomic mass is 10.1. The van der Waals surface area contributed by atoms with E-state index < -0.39 is 5.97 Å². The van der Waals surface area contributed by atoms with Crippen LogP contribution in [0.4, 0.5) is 11.4 Å². The second kappa shape index (κ2) is 28.3. The van der Waals surface area contributed by atoms with E-state index in [1.807, 2.05) is 65.3 Å². The van der Waals surface area contributed by atoms with Crippen molar-refractivity contribution < 1.29 is 14.7 Å². The van der Waals surface area contributed by atoms with Gasteiger partial charge in [-0.3, -0.25) is 24.6 Å². The fourth-order valence-corrected chi connectivity index (χ4v) is 12.8. The van der Waals surface area contributed by atoms with Crippen molar-refractivity contribution in [3.8, 4) is 22.5 Å². The summed E-state index contributed by atoms with van der Waals surface area (Å²) in [5, 5.41) is 23.9. The Morgan fingerprint density at radius 1 is 0.483 bits per heavy atom. The van der Waals surface area contributed by atoms with Gasteiger partial charge in [0.15, 0.2) is 0 Å². The van der Waals surface area contributed by atoms with E-state index in [-0.39, 0.29) is 11.6 Å². The minimum atomic E-state index is -0.937. The summed E-state index contributed by atoms with van der Waals surface area (Å²) in [6, 6.07) is 42.0. The molecule has 460 valence electrons. The topological polar surface area (TPSA) is 168 Å². The molecule has 4 N–H and O–H groups in total. The highest BCUT2D eigenvalue weighted by Crippen LogP contribution is 2.34. The number of amides is 1. The molecular weight excluding hydrogens is 1110 g/mol. The monoisotopic (exact) mass is 1190 g/mol. The summed E-state index contributed by atoms with van der Waals surface area (Å²) in [6.07, 6.45) is 15.2. The van der Waals surface area contributed by atoms with E-state index in [9.17, 15) is 14.7 Å². The Morgan fingerprint density at radius 3 is 1.37 bits per heavy atom. The summed E-state index contributed by atoms with van der Waals surface area (Å²) in [5.74, 6) is -0.840. The molecule has 10 aromatic rings. The summed E-state index contributed by atoms with van der Waals surface area (Å²) in [7, 11) is 8.01. The van der Waals surface area contributed by atoms with Gasteiger partial charge in [-0.05, 0) is 149 Å². The van der Waals surface area contributed by atoms with Crippen LogP contribution in [0.1, 0.15) is 81.8 Å². The molecule has 10 heterocycles. The van der Waals surface area contributed by atoms with Crippen LogP contribution in [0.3, 0.4) is 0 Å². The molecule has 4 aliphatic heterocycles. The lowest BCUT2D eigenvalue weighted by molar-refractivity contribution is 0.0653. The third-order valence-corrected chi connectivity index (χ3v) is 18.2. The Kier molecular flexibility index (Phi) is 19.3. The van der Waals surface area contributed by atoms with Crippen molar-refractivity contribution in [3.05, 3.63) is 180 Å². The average molecular weight is 1190 g/mol. The van der Waals surface area contributed by atoms with Gasteiger partial charge in [-0.1, -0.05) is 73.5 Å². The first-order valence-corrected chi connectivity index (χ1v) is 31.8. The zero-order chi connectivity index (χ0) is 61.2. The fraction of sp³-hybridized carbons (Fsp3) is 0.361. The first-order valence-electron chi connectivity index (χ1n) is 31.8. The number of likely N-dealkylation sites (tertiary alicyclic amines) is 2. The van der Waals surface area contributed by atoms with E-state index in [1.165, 1.54) is 100 Å². The Morgan fingerprint density at radius 2 is 0.921 bits per heavy atom. The molecule has 4 fully saturated rings. The molecule has 4 aromatic carbocycles. The zero-order valence-corrected chi connectivity index (χ0v) is 52.1. The number of hydrogen-bond donors (Lipinski definition) is 4. The molecule has 0 spiro atoms. The summed E-state index contributed by atoms with van der Waals surface area (Å²) in [4.78, 5) is 55.3. The number of aromatic nitrogens is 6. The predicted octanol–water partition coefficient (Wildman–Crippen LogP) is 11.4. The summed E-state index contributed by atoms with van der Waals surface area (Å²) in [6.45, 7) is 16.4. The number of likely N-dealkylation sites (N-methyl/N-ethyl adjacent to an activating group) is 2. The zero-order valence-electron chi connectivity index (χ0n) is 52.1. The standard InChI is InChI=1S/C36H41N7O.C31H31N5O2.C5H12N2/c1-40-16-18-43(19-17-40)36(44)35-21-29-20-28(10-11-34(29)41(35)2)32-22-33(30-24-37-13-12-31(30)39-32)38-23-26-6-8-27(9-7-26)25-42-14-4-3-5-15-42;1-35-29-10-9-23(15-24(29)16-30(35)31(37)38)27-17-28(25-19-32-12-11-26(25)34-27)33-18-21-5-7-22(8-6-21)20-36-13-3-2-4-14-36;1-7-4-2-6-3-5-7/h6-13,20-22,24H,3-5,14-19,23,25H2,1-2H3,(H,38,39);5-12,15-17,19H,2-4,13-14,18,20H2,1H3,(H,33,34)(H,37,38);6H,2-5H2,1H3. The molecule has 89 heavy (non-hydrogen) atoms. The van der Waals surface area contributed by atoms with Gasteiger partial charge in [-0.2, -0.15) is 0 Å². The number of nitrogens with one attached hydrogen (secondary N) is 3. The highest BCUT2D eigenvalue weighted by Gasteiger charge is 2.24. The highest BCUT2D eigenvalue weighted by atomic mass is 16.4. The smallest absolute Gasteiger partial charge is 0.352 e. The third-order valence-electron chi connectivity index (χ3n) is 18.2. The molecule has 1 amide bonds. The number of nitrogens with zero attached hydrogens (tertiary/aromatic N) is 11. The number of carbonyl (C=O) groups excluding carboxylic acids is 1. The van der Waals surface area contributed by atoms with Gasteiger partial charge in [0, 0.05) is 172 Å². The average Bonchev–Trinajstić information content (AvgIpc) is 2.27. The Hall–Kier alpha value is -8.58. The first kappa shape index (κ1) is 60.7. The van der Waals surface area contributed by atoms with Crippen LogP contribution in [0.25, 0.3) is 66.1 Å². The van der Waals surface area contributed by atoms with Crippen molar-refractivity contribution in [2.75, 3.05) is 103 Å². The van der Waals surface area contributed by atoms with Gasteiger partial charge in [-0.25, -0.2) is 14.8 Å². The van der Waals surface area contributed by atoms with Crippen LogP contribution in [0, 0.1) is 0 Å². The van der Waals surface area contributed by atoms with Crippen molar-refractivity contribution in [1.29, 1.82) is 0 Å². The van der Waals surface area contributed by atoms with E-state index in [2.05, 4.69) is 138 Å². The van der Waals surface area contributed by atoms with Crippen molar-refractivity contribution in [2.24, 2.45) is 14.1 Å². The molecule has 0 radical (unpaired) electrons. The number of aromatic carboxylic acids is 1. The molecule has 0 unspecified atom stereocenters. The van der Waals surface area contributed by atoms with Gasteiger partial charge in [0.2, 0.25) is 0 Å². The van der Waals surface area contributed by atoms with Crippen LogP contribution < -0.4 is 16.0 Å². The number of fused-ring (bicyclic) bond motifs is 4. The normalized spacial score (nSPS) is 16.2. The summed E-state index contributed by atoms with van der Waals surface area (Å²) >= 11 is 0. The maximum Gasteiger partial charge on any atom is 0.352 e. The molecule has 0 aliphatic carbocycles. The molecule has 4 aliphatic rings. The predicted molar refractivity (Wildman–Crippen MR) is 359 cm³/mol. The highest BCUT2D eigenvalue weighted by molar-refractivity contribution is 6.01. The van der Waals surface area contributed by atoms with Gasteiger partial charge < -0.3 is 44.9 Å². The number of rotatable bonds is 14. The van der Waals surface area contributed by atoms with Crippen LogP contribution >= 0.6 is 0 Å². The Labute approximate surface area is 522 Å². The molecule has 4 saturated heterocycles. The van der Waals surface area contributed by atoms with Gasteiger partial charge in [0.1, 0.15) is 11.4 Å². The number of piperidine rings is 2. The Balaban J connectivity index is 0.000000157. The number of aryl methyl sites for hydroxylation is 2. The van der Waals surface area contributed by atoms with Gasteiger partial charge in [-0.15, -0.1) is 0 Å². The van der Waals surface area contributed by atoms with Crippen LogP contribution in [0.2, 0.25) is 0 Å². The SMILES string of the molecule is CN1CCN(C(=O)c2cc3cc(-c4cc(NCc5ccc(CN6CCCCC6)cc5)c5cnccc5n4)ccc3n2C)CC1.CN1CCNCC1.Cn1c(C(=O)O)cc2cc(-c3cc(NCc4ccc(CN5CCCCC5)cc4)c4cnccc4n3)ccc21. The third kappa shape index (κ3) is 14.8. The van der Waals surface area contributed by atoms with E-state index in [0.717, 1.165) is 136 Å². The van der Waals surface area contributed by atoms with E-state index in [0.29, 0.717) is 13.1 Å². The number of carboxylic acid groups (broad SMARTS) is 1. The molecule has 17 nitrogen and oxygen atoms in total. The number of benzene rings is 4. The maximum atomic E-state index is 13.4. The van der Waals surface area contributed by atoms with Crippen molar-refractivity contribution in [2.45, 2.75) is 64.7 Å². The number of pyridine rings is 4. The largest absolute Gasteiger partial charge is 0.477 e. The van der Waals surface area contributed by atoms with Crippen LogP contribution in [0.15, 0.2) is 146 Å². The fourth-order valence-electron chi connectivity index (χ4n) is 12.8. The van der Waals surface area contributed by atoms with Crippen molar-refractivity contribution in [3.63, 3.8) is 0 Å². The second-order valence-electron chi connectivity index (χ2n) is 24.6. The molecule has 6 aromatic heterocycles. The van der Waals surface area contributed by atoms with Crippen molar-refractivity contribution >= 4 is 66.9 Å². The van der Waals surface area contributed by atoms with E-state index >= 15 is 0 Å². The number of hydrogen-bond acceptors (Lipinski definition) is 13. The quantitative estimate of drug-likeness (QED) is 0.0812. The summed E-state index contributed by atoms with van der Waals surface area (Å²) in [5.41, 5.74) is 15.5. The number of piperazine rings is 2. The Bertz CT molecular complexity index is 4060. The van der Waals surface area contributed by atoms with Gasteiger partial charge >= 0.3 is 5.97 Å². The van der Waals surface area contributed by atoms with Crippen LogP contribution in [-0.2, 0) is 40.3 Å². The second-order valence-corrected chi connectivity index (χ2v) is 24.6. The first-order chi connectivity index (χ1) is 43.5. The molecule has 14 rings (SSSR count). The number of anilines is 2. The molecule has 0 saturated carbocycles. The molecule has 0 bridgehead atoms. The maximum absolute atomic E-state index is 13.4. The molecule has 0 atom stereocenters. The number of carboxylic acids is 1. The van der Waals surface area contributed by atoms with Crippen LogP contribution in [0.5, 0.6) is 0 Å². The summed E-state index contributed by atoms with van der Waals surface area (Å²) < 4.78 is 3.72. The number of carbonyl (C=O) groups is 2. The lowest BCUT2D eigenvalue weighted by Gasteiger charge is -2.32.